The standard InChI is InChI=1S/C21H26ClN3O5.C13H11N3O3.C10H21ClO3/c1-25(2)17-5-6-18-19(14-17)30-20(24-18)13-16(15-23)21(26)29-12-11-28-10-9-27-8-4-3-7-22;1-16(2)9-3-4-10-11(6-9)19-12(15-10)5-8(7-14)13(17)18;11-5-3-1-2-4-7-13-9-10-14-8-6-12/h5-6,13-14H,3-4,7-12H2,1-2H3;3-6H,1-2H3,(H,17,18);12H,1-10H2/b16-13+;8-5+;. The number of anilines is 2. The monoisotopic (exact) mass is 916 g/mol. The number of carboxylic acids is 1. The third-order valence-electron chi connectivity index (χ3n) is 8.32. The molecule has 17 nitrogen and oxygen atoms in total. The molecule has 0 radical (unpaired) electrons. The topological polar surface area (TPSA) is 227 Å². The molecule has 0 atom stereocenters. The van der Waals surface area contributed by atoms with Gasteiger partial charge in [-0.3, -0.25) is 0 Å². The van der Waals surface area contributed by atoms with E-state index in [1.165, 1.54) is 18.9 Å². The van der Waals surface area contributed by atoms with Gasteiger partial charge in [0.15, 0.2) is 11.2 Å². The number of benzene rings is 2. The lowest BCUT2D eigenvalue weighted by molar-refractivity contribution is -0.140. The molecule has 0 fully saturated rings. The first-order valence-corrected chi connectivity index (χ1v) is 21.4. The third kappa shape index (κ3) is 22.1. The van der Waals surface area contributed by atoms with E-state index >= 15 is 0 Å². The number of aliphatic carboxylic acids is 1. The number of carboxylic acid groups (broad SMARTS) is 1. The maximum Gasteiger partial charge on any atom is 0.349 e. The Labute approximate surface area is 378 Å². The van der Waals surface area contributed by atoms with Crippen molar-refractivity contribution in [2.24, 2.45) is 0 Å². The van der Waals surface area contributed by atoms with E-state index in [0.29, 0.717) is 67.7 Å². The first-order valence-electron chi connectivity index (χ1n) is 20.3. The molecule has 0 saturated carbocycles. The van der Waals surface area contributed by atoms with Crippen molar-refractivity contribution >= 4 is 80.9 Å². The van der Waals surface area contributed by atoms with Gasteiger partial charge in [-0.2, -0.15) is 10.5 Å². The second-order valence-electron chi connectivity index (χ2n) is 13.7. The molecule has 0 spiro atoms. The highest BCUT2D eigenvalue weighted by Gasteiger charge is 2.14. The molecular weight excluding hydrogens is 859 g/mol. The quantitative estimate of drug-likeness (QED) is 0.0200. The summed E-state index contributed by atoms with van der Waals surface area (Å²) in [6.07, 6.45) is 8.79. The second-order valence-corrected chi connectivity index (χ2v) is 14.4. The molecule has 2 N–H and O–H groups in total. The molecule has 2 heterocycles. The average molecular weight is 918 g/mol. The molecule has 0 aliphatic heterocycles. The average Bonchev–Trinajstić information content (AvgIpc) is 3.88. The molecule has 0 saturated heterocycles. The number of nitrogens with zero attached hydrogens (tertiary/aromatic N) is 6. The fourth-order valence-corrected chi connectivity index (χ4v) is 5.38. The highest BCUT2D eigenvalue weighted by Crippen LogP contribution is 2.24. The van der Waals surface area contributed by atoms with Crippen LogP contribution in [0.2, 0.25) is 0 Å². The number of hydrogen-bond acceptors (Lipinski definition) is 16. The number of hydrogen-bond donors (Lipinski definition) is 2. The van der Waals surface area contributed by atoms with Gasteiger partial charge in [0.2, 0.25) is 11.8 Å². The number of fused-ring (bicyclic) bond motifs is 2. The number of nitriles is 2. The predicted molar refractivity (Wildman–Crippen MR) is 242 cm³/mol. The van der Waals surface area contributed by atoms with Gasteiger partial charge in [-0.15, -0.1) is 23.2 Å². The molecule has 0 aliphatic rings. The molecule has 0 bridgehead atoms. The zero-order valence-electron chi connectivity index (χ0n) is 36.4. The maximum absolute atomic E-state index is 12.1. The van der Waals surface area contributed by atoms with E-state index in [0.717, 1.165) is 55.6 Å². The molecule has 19 heteroatoms. The van der Waals surface area contributed by atoms with Gasteiger partial charge < -0.3 is 52.5 Å². The number of aliphatic hydroxyl groups is 1. The van der Waals surface area contributed by atoms with Crippen molar-refractivity contribution in [3.63, 3.8) is 0 Å². The van der Waals surface area contributed by atoms with Crippen LogP contribution in [0.4, 0.5) is 11.4 Å². The molecule has 0 aliphatic carbocycles. The Morgan fingerprint density at radius 2 is 1.08 bits per heavy atom. The lowest BCUT2D eigenvalue weighted by atomic mass is 10.2. The van der Waals surface area contributed by atoms with E-state index in [9.17, 15) is 14.9 Å². The van der Waals surface area contributed by atoms with Crippen molar-refractivity contribution < 1.29 is 52.3 Å². The Bertz CT molecular complexity index is 2080. The Morgan fingerprint density at radius 1 is 0.651 bits per heavy atom. The number of halogens is 2. The Kier molecular flexibility index (Phi) is 27.7. The number of oxazole rings is 2. The van der Waals surface area contributed by atoms with Crippen LogP contribution in [-0.4, -0.2) is 138 Å². The van der Waals surface area contributed by atoms with Gasteiger partial charge >= 0.3 is 11.9 Å². The van der Waals surface area contributed by atoms with E-state index < -0.39 is 17.5 Å². The van der Waals surface area contributed by atoms with Crippen molar-refractivity contribution in [2.45, 2.75) is 38.5 Å². The van der Waals surface area contributed by atoms with Crippen LogP contribution in [0, 0.1) is 22.7 Å². The van der Waals surface area contributed by atoms with E-state index in [1.807, 2.05) is 68.3 Å². The van der Waals surface area contributed by atoms with Crippen LogP contribution in [0.3, 0.4) is 0 Å². The number of aromatic nitrogens is 2. The SMILES string of the molecule is CN(C)c1ccc2nc(/C=C(\C#N)C(=O)O)oc2c1.CN(C)c1ccc2nc(/C=C(\C#N)C(=O)OCCOCCOCCCCCl)oc2c1.OCCOCCOCCCCCCCl. The first kappa shape index (κ1) is 53.9. The fourth-order valence-electron chi connectivity index (χ4n) is 5.00. The zero-order valence-corrected chi connectivity index (χ0v) is 37.9. The number of aliphatic hydroxyl groups excluding tert-OH is 1. The van der Waals surface area contributed by atoms with Crippen LogP contribution in [0.15, 0.2) is 56.4 Å². The largest absolute Gasteiger partial charge is 0.477 e. The minimum absolute atomic E-state index is 0.0316. The van der Waals surface area contributed by atoms with Crippen LogP contribution in [0.25, 0.3) is 34.4 Å². The summed E-state index contributed by atoms with van der Waals surface area (Å²) in [6.45, 7) is 4.23. The van der Waals surface area contributed by atoms with Crippen molar-refractivity contribution in [1.29, 1.82) is 10.5 Å². The second kappa shape index (κ2) is 32.4. The van der Waals surface area contributed by atoms with Crippen LogP contribution < -0.4 is 9.80 Å². The highest BCUT2D eigenvalue weighted by molar-refractivity contribution is 6.18. The number of esters is 1. The Balaban J connectivity index is 0.000000354. The van der Waals surface area contributed by atoms with Gasteiger partial charge in [0.1, 0.15) is 40.9 Å². The fraction of sp³-hybridized carbons (Fsp3) is 0.500. The molecule has 63 heavy (non-hydrogen) atoms. The number of carbonyl (C=O) groups is 2. The normalized spacial score (nSPS) is 11.3. The van der Waals surface area contributed by atoms with Crippen molar-refractivity contribution in [3.8, 4) is 12.1 Å². The molecular formula is C44H58Cl2N6O11. The molecule has 0 amide bonds. The van der Waals surface area contributed by atoms with Crippen LogP contribution in [0.1, 0.15) is 50.3 Å². The number of carbonyl (C=O) groups excluding carboxylic acids is 1. The van der Waals surface area contributed by atoms with Gasteiger partial charge in [0, 0.05) is 88.8 Å². The summed E-state index contributed by atoms with van der Waals surface area (Å²) in [4.78, 5) is 35.0. The maximum atomic E-state index is 12.1. The van der Waals surface area contributed by atoms with Crippen molar-refractivity contribution in [2.75, 3.05) is 116 Å². The van der Waals surface area contributed by atoms with Crippen LogP contribution in [-0.2, 0) is 33.3 Å². The lowest BCUT2D eigenvalue weighted by Gasteiger charge is -2.10. The van der Waals surface area contributed by atoms with Gasteiger partial charge in [-0.25, -0.2) is 19.6 Å². The van der Waals surface area contributed by atoms with E-state index in [1.54, 1.807) is 18.2 Å². The van der Waals surface area contributed by atoms with Crippen LogP contribution >= 0.6 is 23.2 Å². The molecule has 0 unspecified atom stereocenters. The molecule has 2 aromatic carbocycles. The number of ether oxygens (including phenoxy) is 5. The van der Waals surface area contributed by atoms with E-state index in [-0.39, 0.29) is 37.2 Å². The summed E-state index contributed by atoms with van der Waals surface area (Å²) in [5.74, 6) is -0.403. The molecule has 4 aromatic rings. The van der Waals surface area contributed by atoms with E-state index in [2.05, 4.69) is 9.97 Å². The van der Waals surface area contributed by atoms with Gasteiger partial charge in [0.25, 0.3) is 0 Å². The van der Waals surface area contributed by atoms with Gasteiger partial charge in [0.05, 0.1) is 46.2 Å². The van der Waals surface area contributed by atoms with Gasteiger partial charge in [-0.1, -0.05) is 12.8 Å². The minimum Gasteiger partial charge on any atom is -0.477 e. The summed E-state index contributed by atoms with van der Waals surface area (Å²) >= 11 is 11.1. The van der Waals surface area contributed by atoms with Crippen molar-refractivity contribution in [1.82, 2.24) is 9.97 Å². The lowest BCUT2D eigenvalue weighted by Crippen LogP contribution is -2.14. The number of rotatable bonds is 27. The molecule has 4 rings (SSSR count). The summed E-state index contributed by atoms with van der Waals surface area (Å²) < 4.78 is 37.2. The van der Waals surface area contributed by atoms with E-state index in [4.69, 9.17) is 71.2 Å². The third-order valence-corrected chi connectivity index (χ3v) is 8.86. The predicted octanol–water partition coefficient (Wildman–Crippen LogP) is 7.09. The molecule has 2 aromatic heterocycles. The number of alkyl halides is 2. The van der Waals surface area contributed by atoms with Crippen LogP contribution in [0.5, 0.6) is 0 Å². The Hall–Kier alpha value is -5.24. The number of unbranched alkanes of at least 4 members (excludes halogenated alkanes) is 4. The summed E-state index contributed by atoms with van der Waals surface area (Å²) in [5.41, 5.74) is 3.64. The smallest absolute Gasteiger partial charge is 0.349 e. The summed E-state index contributed by atoms with van der Waals surface area (Å²) in [7, 11) is 7.64. The summed E-state index contributed by atoms with van der Waals surface area (Å²) in [6, 6.07) is 14.4. The summed E-state index contributed by atoms with van der Waals surface area (Å²) in [5, 5.41) is 35.1. The molecule has 344 valence electrons. The van der Waals surface area contributed by atoms with Crippen molar-refractivity contribution in [3.05, 3.63) is 59.3 Å². The highest BCUT2D eigenvalue weighted by atomic mass is 35.5. The van der Waals surface area contributed by atoms with Gasteiger partial charge in [-0.05, 0) is 49.9 Å². The first-order chi connectivity index (χ1) is 30.5. The Morgan fingerprint density at radius 3 is 1.54 bits per heavy atom. The zero-order chi connectivity index (χ0) is 46.2. The minimum atomic E-state index is -1.31.